The molecule has 168 valence electrons. The maximum atomic E-state index is 14.2. The van der Waals surface area contributed by atoms with Gasteiger partial charge >= 0.3 is 6.61 Å². The van der Waals surface area contributed by atoms with E-state index in [9.17, 15) is 18.0 Å². The van der Waals surface area contributed by atoms with Gasteiger partial charge in [-0.2, -0.15) is 8.78 Å². The molecule has 1 aromatic carbocycles. The number of amides is 1. The number of nitrogens with zero attached hydrogens (tertiary/aromatic N) is 3. The number of halogens is 3. The fourth-order valence-electron chi connectivity index (χ4n) is 3.17. The van der Waals surface area contributed by atoms with Gasteiger partial charge in [-0.25, -0.2) is 9.38 Å². The summed E-state index contributed by atoms with van der Waals surface area (Å²) in [6.07, 6.45) is 0. The molecule has 1 fully saturated rings. The highest BCUT2D eigenvalue weighted by atomic mass is 19.3. The highest BCUT2D eigenvalue weighted by Gasteiger charge is 2.22. The first-order chi connectivity index (χ1) is 14.3. The van der Waals surface area contributed by atoms with E-state index >= 15 is 0 Å². The Morgan fingerprint density at radius 1 is 1.23 bits per heavy atom. The van der Waals surface area contributed by atoms with Crippen LogP contribution in [0.2, 0.25) is 0 Å². The number of aliphatic imine (C=N–C) groups is 1. The van der Waals surface area contributed by atoms with Crippen LogP contribution in [0.4, 0.5) is 13.2 Å². The summed E-state index contributed by atoms with van der Waals surface area (Å²) in [7, 11) is 0. The molecule has 1 heterocycles. The Hall–Kier alpha value is -2.49. The van der Waals surface area contributed by atoms with E-state index in [0.717, 1.165) is 0 Å². The van der Waals surface area contributed by atoms with Gasteiger partial charge in [0.25, 0.3) is 0 Å². The summed E-state index contributed by atoms with van der Waals surface area (Å²) in [6, 6.07) is 3.91. The first-order valence-corrected chi connectivity index (χ1v) is 10.1. The minimum absolute atomic E-state index is 0.00913. The van der Waals surface area contributed by atoms with Crippen LogP contribution in [-0.4, -0.2) is 73.6 Å². The maximum absolute atomic E-state index is 14.2. The predicted molar refractivity (Wildman–Crippen MR) is 109 cm³/mol. The average molecular weight is 429 g/mol. The van der Waals surface area contributed by atoms with Crippen LogP contribution < -0.4 is 15.4 Å². The van der Waals surface area contributed by atoms with Gasteiger partial charge in [-0.1, -0.05) is 6.07 Å². The van der Waals surface area contributed by atoms with E-state index in [4.69, 9.17) is 0 Å². The van der Waals surface area contributed by atoms with Crippen molar-refractivity contribution in [1.29, 1.82) is 0 Å². The van der Waals surface area contributed by atoms with Crippen molar-refractivity contribution < 1.29 is 22.7 Å². The smallest absolute Gasteiger partial charge is 0.387 e. The fraction of sp³-hybridized carbons (Fsp3) is 0.600. The minimum atomic E-state index is -3.04. The zero-order valence-corrected chi connectivity index (χ0v) is 17.6. The van der Waals surface area contributed by atoms with Gasteiger partial charge in [0.15, 0.2) is 5.96 Å². The molecular weight excluding hydrogens is 399 g/mol. The predicted octanol–water partition coefficient (Wildman–Crippen LogP) is 2.03. The van der Waals surface area contributed by atoms with E-state index in [1.807, 2.05) is 25.7 Å². The molecule has 0 bridgehead atoms. The lowest BCUT2D eigenvalue weighted by molar-refractivity contribution is -0.123. The molecule has 1 aromatic rings. The molecule has 30 heavy (non-hydrogen) atoms. The lowest BCUT2D eigenvalue weighted by Gasteiger charge is -2.36. The summed E-state index contributed by atoms with van der Waals surface area (Å²) in [5.41, 5.74) is -0.0165. The van der Waals surface area contributed by atoms with Crippen molar-refractivity contribution in [1.82, 2.24) is 20.4 Å². The molecule has 1 aliphatic rings. The van der Waals surface area contributed by atoms with Crippen LogP contribution in [0, 0.1) is 5.82 Å². The second-order valence-electron chi connectivity index (χ2n) is 7.25. The second-order valence-corrected chi connectivity index (χ2v) is 7.25. The zero-order valence-electron chi connectivity index (χ0n) is 17.6. The monoisotopic (exact) mass is 429 g/mol. The van der Waals surface area contributed by atoms with Crippen LogP contribution in [-0.2, 0) is 11.3 Å². The Morgan fingerprint density at radius 3 is 2.53 bits per heavy atom. The summed E-state index contributed by atoms with van der Waals surface area (Å²) in [6.45, 7) is 6.15. The standard InChI is InChI=1S/C20H30F3N5O2/c1-4-24-20(25-12-15-16(21)6-5-7-17(15)30-19(22)23)28-10-8-27(9-11-28)13-18(29)26-14(2)3/h5-7,14,19H,4,8-13H2,1-3H3,(H,24,25)(H,26,29). The maximum Gasteiger partial charge on any atom is 0.387 e. The summed E-state index contributed by atoms with van der Waals surface area (Å²) in [5, 5.41) is 6.03. The Labute approximate surface area is 175 Å². The lowest BCUT2D eigenvalue weighted by Crippen LogP contribution is -2.54. The third-order valence-corrected chi connectivity index (χ3v) is 4.50. The first-order valence-electron chi connectivity index (χ1n) is 10.1. The van der Waals surface area contributed by atoms with Crippen LogP contribution >= 0.6 is 0 Å². The minimum Gasteiger partial charge on any atom is -0.434 e. The van der Waals surface area contributed by atoms with Crippen molar-refractivity contribution in [3.8, 4) is 5.75 Å². The molecule has 7 nitrogen and oxygen atoms in total. The number of rotatable bonds is 8. The van der Waals surface area contributed by atoms with E-state index in [1.165, 1.54) is 18.2 Å². The molecule has 1 aliphatic heterocycles. The Morgan fingerprint density at radius 2 is 1.93 bits per heavy atom. The van der Waals surface area contributed by atoms with Crippen LogP contribution in [0.3, 0.4) is 0 Å². The highest BCUT2D eigenvalue weighted by Crippen LogP contribution is 2.24. The molecule has 1 saturated heterocycles. The molecule has 10 heteroatoms. The first kappa shape index (κ1) is 23.8. The molecule has 1 amide bonds. The number of carbonyl (C=O) groups excluding carboxylic acids is 1. The topological polar surface area (TPSA) is 69.2 Å². The molecule has 0 atom stereocenters. The Bertz CT molecular complexity index is 722. The van der Waals surface area contributed by atoms with E-state index in [0.29, 0.717) is 45.2 Å². The summed E-state index contributed by atoms with van der Waals surface area (Å²) < 4.78 is 43.8. The molecule has 0 saturated carbocycles. The summed E-state index contributed by atoms with van der Waals surface area (Å²) in [4.78, 5) is 20.4. The normalized spacial score (nSPS) is 15.6. The van der Waals surface area contributed by atoms with Crippen molar-refractivity contribution in [3.63, 3.8) is 0 Å². The van der Waals surface area contributed by atoms with E-state index in [1.54, 1.807) is 0 Å². The van der Waals surface area contributed by atoms with Gasteiger partial charge in [0.05, 0.1) is 18.7 Å². The Balaban J connectivity index is 2.02. The fourth-order valence-corrected chi connectivity index (χ4v) is 3.17. The third kappa shape index (κ3) is 7.40. The van der Waals surface area contributed by atoms with E-state index in [-0.39, 0.29) is 29.8 Å². The molecule has 0 spiro atoms. The largest absolute Gasteiger partial charge is 0.434 e. The molecule has 2 N–H and O–H groups in total. The van der Waals surface area contributed by atoms with Crippen molar-refractivity contribution in [3.05, 3.63) is 29.6 Å². The van der Waals surface area contributed by atoms with Gasteiger partial charge in [0, 0.05) is 38.8 Å². The number of alkyl halides is 2. The SMILES string of the molecule is CCNC(=NCc1c(F)cccc1OC(F)F)N1CCN(CC(=O)NC(C)C)CC1. The quantitative estimate of drug-likeness (QED) is 0.489. The highest BCUT2D eigenvalue weighted by molar-refractivity contribution is 5.80. The number of carbonyl (C=O) groups is 1. The van der Waals surface area contributed by atoms with Crippen LogP contribution in [0.15, 0.2) is 23.2 Å². The van der Waals surface area contributed by atoms with E-state index < -0.39 is 12.4 Å². The van der Waals surface area contributed by atoms with Crippen molar-refractivity contribution in [2.45, 2.75) is 40.0 Å². The average Bonchev–Trinajstić information content (AvgIpc) is 2.66. The lowest BCUT2D eigenvalue weighted by atomic mass is 10.2. The summed E-state index contributed by atoms with van der Waals surface area (Å²) >= 11 is 0. The van der Waals surface area contributed by atoms with Gasteiger partial charge in [0.2, 0.25) is 5.91 Å². The van der Waals surface area contributed by atoms with Crippen LogP contribution in [0.25, 0.3) is 0 Å². The second kappa shape index (κ2) is 11.6. The van der Waals surface area contributed by atoms with Gasteiger partial charge in [0.1, 0.15) is 11.6 Å². The zero-order chi connectivity index (χ0) is 22.1. The number of hydrogen-bond donors (Lipinski definition) is 2. The Kier molecular flexibility index (Phi) is 9.22. The van der Waals surface area contributed by atoms with Crippen LogP contribution in [0.1, 0.15) is 26.3 Å². The van der Waals surface area contributed by atoms with Gasteiger partial charge in [-0.3, -0.25) is 9.69 Å². The van der Waals surface area contributed by atoms with Gasteiger partial charge < -0.3 is 20.3 Å². The van der Waals surface area contributed by atoms with E-state index in [2.05, 4.69) is 25.3 Å². The van der Waals surface area contributed by atoms with Crippen LogP contribution in [0.5, 0.6) is 5.75 Å². The van der Waals surface area contributed by atoms with Crippen molar-refractivity contribution >= 4 is 11.9 Å². The third-order valence-electron chi connectivity index (χ3n) is 4.50. The number of hydrogen-bond acceptors (Lipinski definition) is 4. The molecule has 0 aliphatic carbocycles. The number of nitrogens with one attached hydrogen (secondary N) is 2. The molecular formula is C20H30F3N5O2. The molecule has 0 aromatic heterocycles. The molecule has 0 radical (unpaired) electrons. The number of guanidine groups is 1. The van der Waals surface area contributed by atoms with Crippen molar-refractivity contribution in [2.24, 2.45) is 4.99 Å². The molecule has 0 unspecified atom stereocenters. The summed E-state index contributed by atoms with van der Waals surface area (Å²) in [5.74, 6) is -0.306. The number of ether oxygens (including phenoxy) is 1. The molecule has 2 rings (SSSR count). The van der Waals surface area contributed by atoms with Gasteiger partial charge in [-0.05, 0) is 32.9 Å². The number of piperazine rings is 1. The van der Waals surface area contributed by atoms with Crippen molar-refractivity contribution in [2.75, 3.05) is 39.3 Å². The van der Waals surface area contributed by atoms with Gasteiger partial charge in [-0.15, -0.1) is 0 Å². The number of benzene rings is 1.